The van der Waals surface area contributed by atoms with Crippen LogP contribution in [0.15, 0.2) is 30.3 Å². The molecule has 1 aromatic rings. The number of hydrogen-bond acceptors (Lipinski definition) is 4. The normalized spacial score (nSPS) is 23.7. The van der Waals surface area contributed by atoms with E-state index in [-0.39, 0.29) is 24.9 Å². The number of carbonyl (C=O) groups excluding carboxylic acids is 1. The van der Waals surface area contributed by atoms with Crippen molar-refractivity contribution in [3.63, 3.8) is 0 Å². The van der Waals surface area contributed by atoms with E-state index in [9.17, 15) is 15.0 Å². The first-order valence-corrected chi connectivity index (χ1v) is 6.60. The van der Waals surface area contributed by atoms with E-state index < -0.39 is 11.7 Å². The predicted octanol–water partition coefficient (Wildman–Crippen LogP) is 1.29. The van der Waals surface area contributed by atoms with E-state index in [1.807, 2.05) is 30.3 Å². The largest absolute Gasteiger partial charge is 0.465 e. The van der Waals surface area contributed by atoms with Gasteiger partial charge in [-0.05, 0) is 25.3 Å². The van der Waals surface area contributed by atoms with Crippen LogP contribution in [0.5, 0.6) is 0 Å². The highest BCUT2D eigenvalue weighted by molar-refractivity contribution is 5.71. The second-order valence-electron chi connectivity index (χ2n) is 5.35. The molecule has 2 rings (SSSR count). The molecule has 3 atom stereocenters. The number of hydrogen-bond donors (Lipinski definition) is 2. The smallest absolute Gasteiger partial charge is 0.306 e. The van der Waals surface area contributed by atoms with Gasteiger partial charge in [0, 0.05) is 5.92 Å². The first kappa shape index (κ1) is 14.0. The highest BCUT2D eigenvalue weighted by atomic mass is 16.5. The Bertz CT molecular complexity index is 427. The van der Waals surface area contributed by atoms with Crippen molar-refractivity contribution in [2.24, 2.45) is 5.92 Å². The second kappa shape index (κ2) is 5.72. The van der Waals surface area contributed by atoms with Crippen LogP contribution in [0.2, 0.25) is 0 Å². The first-order valence-electron chi connectivity index (χ1n) is 6.60. The lowest BCUT2D eigenvalue weighted by molar-refractivity contribution is -0.137. The van der Waals surface area contributed by atoms with Gasteiger partial charge in [-0.3, -0.25) is 4.79 Å². The molecule has 1 fully saturated rings. The van der Waals surface area contributed by atoms with Crippen molar-refractivity contribution in [1.29, 1.82) is 0 Å². The number of aliphatic hydroxyl groups is 2. The molecule has 0 spiro atoms. The Morgan fingerprint density at radius 3 is 2.68 bits per heavy atom. The van der Waals surface area contributed by atoms with Gasteiger partial charge in [-0.15, -0.1) is 0 Å². The van der Waals surface area contributed by atoms with Gasteiger partial charge in [-0.1, -0.05) is 30.3 Å². The van der Waals surface area contributed by atoms with Crippen LogP contribution < -0.4 is 0 Å². The van der Waals surface area contributed by atoms with Crippen molar-refractivity contribution in [1.82, 2.24) is 0 Å². The first-order chi connectivity index (χ1) is 9.00. The summed E-state index contributed by atoms with van der Waals surface area (Å²) in [4.78, 5) is 11.1. The van der Waals surface area contributed by atoms with E-state index in [4.69, 9.17) is 4.74 Å². The molecule has 0 bridgehead atoms. The van der Waals surface area contributed by atoms with Crippen LogP contribution in [-0.4, -0.2) is 34.5 Å². The molecular formula is C15H20O4. The second-order valence-corrected chi connectivity index (χ2v) is 5.35. The highest BCUT2D eigenvalue weighted by Gasteiger charge is 2.43. The van der Waals surface area contributed by atoms with Crippen molar-refractivity contribution >= 4 is 5.97 Å². The van der Waals surface area contributed by atoms with Gasteiger partial charge >= 0.3 is 5.97 Å². The molecule has 104 valence electrons. The fourth-order valence-corrected chi connectivity index (χ4v) is 2.40. The van der Waals surface area contributed by atoms with Gasteiger partial charge in [0.2, 0.25) is 0 Å². The summed E-state index contributed by atoms with van der Waals surface area (Å²) in [5.41, 5.74) is -0.169. The van der Waals surface area contributed by atoms with Crippen molar-refractivity contribution in [2.75, 3.05) is 6.61 Å². The van der Waals surface area contributed by atoms with Crippen molar-refractivity contribution in [3.05, 3.63) is 35.9 Å². The monoisotopic (exact) mass is 264 g/mol. The van der Waals surface area contributed by atoms with E-state index in [1.165, 1.54) is 0 Å². The molecule has 4 nitrogen and oxygen atoms in total. The minimum Gasteiger partial charge on any atom is -0.465 e. The molecular weight excluding hydrogens is 244 g/mol. The average molecular weight is 264 g/mol. The molecule has 0 saturated carbocycles. The van der Waals surface area contributed by atoms with Crippen LogP contribution >= 0.6 is 0 Å². The third kappa shape index (κ3) is 3.33. The van der Waals surface area contributed by atoms with Crippen LogP contribution in [-0.2, 0) is 16.0 Å². The molecule has 0 radical (unpaired) electrons. The number of esters is 1. The summed E-state index contributed by atoms with van der Waals surface area (Å²) in [5.74, 6) is -0.633. The van der Waals surface area contributed by atoms with Gasteiger partial charge in [-0.25, -0.2) is 0 Å². The summed E-state index contributed by atoms with van der Waals surface area (Å²) in [6, 6.07) is 9.82. The third-order valence-electron chi connectivity index (χ3n) is 3.91. The van der Waals surface area contributed by atoms with Crippen LogP contribution in [0.4, 0.5) is 0 Å². The Hall–Kier alpha value is -1.39. The maximum absolute atomic E-state index is 11.1. The number of benzene rings is 1. The van der Waals surface area contributed by atoms with E-state index >= 15 is 0 Å². The van der Waals surface area contributed by atoms with Crippen LogP contribution in [0, 0.1) is 5.92 Å². The molecule has 1 aliphatic heterocycles. The van der Waals surface area contributed by atoms with Crippen molar-refractivity contribution in [2.45, 2.75) is 37.9 Å². The zero-order chi connectivity index (χ0) is 13.9. The number of carbonyl (C=O) groups is 1. The molecule has 19 heavy (non-hydrogen) atoms. The summed E-state index contributed by atoms with van der Waals surface area (Å²) in [5, 5.41) is 20.6. The van der Waals surface area contributed by atoms with Gasteiger partial charge in [-0.2, -0.15) is 0 Å². The lowest BCUT2D eigenvalue weighted by Crippen LogP contribution is -2.46. The summed E-state index contributed by atoms with van der Waals surface area (Å²) < 4.78 is 4.85. The summed E-state index contributed by atoms with van der Waals surface area (Å²) in [6.07, 6.45) is 0.462. The molecule has 0 unspecified atom stereocenters. The Morgan fingerprint density at radius 2 is 2.11 bits per heavy atom. The molecule has 0 amide bonds. The van der Waals surface area contributed by atoms with Crippen LogP contribution in [0.1, 0.15) is 25.3 Å². The topological polar surface area (TPSA) is 66.8 Å². The van der Waals surface area contributed by atoms with Gasteiger partial charge in [0.25, 0.3) is 0 Å². The van der Waals surface area contributed by atoms with E-state index in [1.54, 1.807) is 6.92 Å². The quantitative estimate of drug-likeness (QED) is 0.787. The van der Waals surface area contributed by atoms with Gasteiger partial charge < -0.3 is 14.9 Å². The SMILES string of the molecule is C[C@](O)([C@@H]1COC(=O)C1)[C@@H](O)CCc1ccccc1. The van der Waals surface area contributed by atoms with Crippen molar-refractivity contribution < 1.29 is 19.7 Å². The molecule has 1 aromatic carbocycles. The highest BCUT2D eigenvalue weighted by Crippen LogP contribution is 2.31. The number of aryl methyl sites for hydroxylation is 1. The van der Waals surface area contributed by atoms with Crippen LogP contribution in [0.25, 0.3) is 0 Å². The number of cyclic esters (lactones) is 1. The maximum atomic E-state index is 11.1. The summed E-state index contributed by atoms with van der Waals surface area (Å²) >= 11 is 0. The van der Waals surface area contributed by atoms with E-state index in [0.29, 0.717) is 12.8 Å². The fourth-order valence-electron chi connectivity index (χ4n) is 2.40. The van der Waals surface area contributed by atoms with Gasteiger partial charge in [0.05, 0.1) is 24.7 Å². The predicted molar refractivity (Wildman–Crippen MR) is 70.5 cm³/mol. The van der Waals surface area contributed by atoms with E-state index in [2.05, 4.69) is 0 Å². The average Bonchev–Trinajstić information content (AvgIpc) is 2.84. The van der Waals surface area contributed by atoms with Crippen LogP contribution in [0.3, 0.4) is 0 Å². The number of rotatable bonds is 5. The molecule has 2 N–H and O–H groups in total. The Morgan fingerprint density at radius 1 is 1.42 bits per heavy atom. The summed E-state index contributed by atoms with van der Waals surface area (Å²) in [7, 11) is 0. The fraction of sp³-hybridized carbons (Fsp3) is 0.533. The molecule has 1 saturated heterocycles. The van der Waals surface area contributed by atoms with Gasteiger partial charge in [0.1, 0.15) is 0 Å². The Balaban J connectivity index is 1.91. The lowest BCUT2D eigenvalue weighted by atomic mass is 9.81. The molecule has 0 aliphatic carbocycles. The zero-order valence-corrected chi connectivity index (χ0v) is 11.1. The number of ether oxygens (including phenoxy) is 1. The molecule has 1 aliphatic rings. The minimum atomic E-state index is -1.29. The third-order valence-corrected chi connectivity index (χ3v) is 3.91. The Kier molecular flexibility index (Phi) is 4.22. The standard InChI is InChI=1S/C15H20O4/c1-15(18,12-9-14(17)19-10-12)13(16)8-7-11-5-3-2-4-6-11/h2-6,12-13,16,18H,7-10H2,1H3/t12-,13-,15-/m0/s1. The lowest BCUT2D eigenvalue weighted by Gasteiger charge is -2.33. The number of aliphatic hydroxyl groups excluding tert-OH is 1. The van der Waals surface area contributed by atoms with Gasteiger partial charge in [0.15, 0.2) is 0 Å². The molecule has 1 heterocycles. The minimum absolute atomic E-state index is 0.176. The molecule has 4 heteroatoms. The summed E-state index contributed by atoms with van der Waals surface area (Å²) in [6.45, 7) is 1.77. The maximum Gasteiger partial charge on any atom is 0.306 e. The molecule has 0 aromatic heterocycles. The Labute approximate surface area is 113 Å². The van der Waals surface area contributed by atoms with Crippen molar-refractivity contribution in [3.8, 4) is 0 Å². The van der Waals surface area contributed by atoms with E-state index in [0.717, 1.165) is 5.56 Å². The zero-order valence-electron chi connectivity index (χ0n) is 11.1.